The number of hydrogen-bond donors (Lipinski definition) is 1. The van der Waals surface area contributed by atoms with Crippen molar-refractivity contribution in [3.05, 3.63) is 35.4 Å². The van der Waals surface area contributed by atoms with Gasteiger partial charge in [0.2, 0.25) is 0 Å². The van der Waals surface area contributed by atoms with Crippen LogP contribution in [0.1, 0.15) is 50.2 Å². The van der Waals surface area contributed by atoms with Gasteiger partial charge in [0.1, 0.15) is 0 Å². The number of rotatable bonds is 6. The van der Waals surface area contributed by atoms with Crippen LogP contribution in [0.15, 0.2) is 24.3 Å². The lowest BCUT2D eigenvalue weighted by Crippen LogP contribution is -2.34. The normalized spacial score (nSPS) is 18.4. The quantitative estimate of drug-likeness (QED) is 0.838. The molecule has 2 nitrogen and oxygen atoms in total. The Morgan fingerprint density at radius 1 is 1.11 bits per heavy atom. The van der Waals surface area contributed by atoms with E-state index in [1.54, 1.807) is 7.11 Å². The summed E-state index contributed by atoms with van der Waals surface area (Å²) in [4.78, 5) is 0. The molecule has 2 heteroatoms. The van der Waals surface area contributed by atoms with Gasteiger partial charge in [-0.2, -0.15) is 0 Å². The van der Waals surface area contributed by atoms with E-state index in [1.165, 1.54) is 43.2 Å². The lowest BCUT2D eigenvalue weighted by molar-refractivity contribution is 0.185. The SMILES string of the molecule is COCc1ccc(CN[C@H](C)C2CCCCC2)cc1. The molecule has 0 saturated heterocycles. The first kappa shape index (κ1) is 14.5. The van der Waals surface area contributed by atoms with E-state index < -0.39 is 0 Å². The summed E-state index contributed by atoms with van der Waals surface area (Å²) in [7, 11) is 1.74. The van der Waals surface area contributed by atoms with Gasteiger partial charge in [-0.15, -0.1) is 0 Å². The molecular weight excluding hydrogens is 234 g/mol. The molecule has 1 aliphatic rings. The van der Waals surface area contributed by atoms with E-state index in [4.69, 9.17) is 4.74 Å². The molecule has 0 aromatic heterocycles. The number of benzene rings is 1. The highest BCUT2D eigenvalue weighted by Gasteiger charge is 2.19. The fourth-order valence-corrected chi connectivity index (χ4v) is 3.00. The van der Waals surface area contributed by atoms with E-state index in [-0.39, 0.29) is 0 Å². The third kappa shape index (κ3) is 4.63. The van der Waals surface area contributed by atoms with Crippen LogP contribution in [0, 0.1) is 5.92 Å². The van der Waals surface area contributed by atoms with Crippen molar-refractivity contribution in [2.75, 3.05) is 7.11 Å². The molecule has 0 spiro atoms. The maximum Gasteiger partial charge on any atom is 0.0713 e. The molecule has 0 heterocycles. The van der Waals surface area contributed by atoms with Gasteiger partial charge < -0.3 is 10.1 Å². The van der Waals surface area contributed by atoms with Crippen molar-refractivity contribution in [3.63, 3.8) is 0 Å². The van der Waals surface area contributed by atoms with Crippen LogP contribution in [0.2, 0.25) is 0 Å². The smallest absolute Gasteiger partial charge is 0.0713 e. The highest BCUT2D eigenvalue weighted by molar-refractivity contribution is 5.21. The zero-order valence-electron chi connectivity index (χ0n) is 12.3. The number of methoxy groups -OCH3 is 1. The molecule has 106 valence electrons. The molecule has 1 N–H and O–H groups in total. The van der Waals surface area contributed by atoms with Crippen molar-refractivity contribution in [1.29, 1.82) is 0 Å². The summed E-state index contributed by atoms with van der Waals surface area (Å²) in [6, 6.07) is 9.36. The Balaban J connectivity index is 1.77. The topological polar surface area (TPSA) is 21.3 Å². The predicted molar refractivity (Wildman–Crippen MR) is 80.0 cm³/mol. The van der Waals surface area contributed by atoms with Crippen molar-refractivity contribution in [2.24, 2.45) is 5.92 Å². The minimum atomic E-state index is 0.638. The fourth-order valence-electron chi connectivity index (χ4n) is 3.00. The van der Waals surface area contributed by atoms with E-state index in [9.17, 15) is 0 Å². The maximum absolute atomic E-state index is 5.13. The van der Waals surface area contributed by atoms with Gasteiger partial charge in [0.15, 0.2) is 0 Å². The van der Waals surface area contributed by atoms with Crippen LogP contribution in [0.5, 0.6) is 0 Å². The first-order valence-corrected chi connectivity index (χ1v) is 7.59. The highest BCUT2D eigenvalue weighted by Crippen LogP contribution is 2.26. The molecule has 1 aromatic carbocycles. The zero-order chi connectivity index (χ0) is 13.5. The molecular formula is C17H27NO. The Labute approximate surface area is 117 Å². The summed E-state index contributed by atoms with van der Waals surface area (Å²) in [5.74, 6) is 0.876. The molecule has 0 bridgehead atoms. The lowest BCUT2D eigenvalue weighted by atomic mass is 9.84. The Morgan fingerprint density at radius 3 is 2.37 bits per heavy atom. The summed E-state index contributed by atoms with van der Waals surface area (Å²) < 4.78 is 5.13. The number of nitrogens with one attached hydrogen (secondary N) is 1. The van der Waals surface area contributed by atoms with Crippen LogP contribution in [0.4, 0.5) is 0 Å². The molecule has 1 atom stereocenters. The van der Waals surface area contributed by atoms with E-state index in [2.05, 4.69) is 36.5 Å². The maximum atomic E-state index is 5.13. The summed E-state index contributed by atoms with van der Waals surface area (Å²) in [5.41, 5.74) is 2.61. The minimum absolute atomic E-state index is 0.638. The molecule has 2 rings (SSSR count). The zero-order valence-corrected chi connectivity index (χ0v) is 12.3. The summed E-state index contributed by atoms with van der Waals surface area (Å²) in [6.07, 6.45) is 7.08. The average molecular weight is 261 g/mol. The molecule has 0 unspecified atom stereocenters. The van der Waals surface area contributed by atoms with Gasteiger partial charge in [-0.1, -0.05) is 43.5 Å². The minimum Gasteiger partial charge on any atom is -0.380 e. The lowest BCUT2D eigenvalue weighted by Gasteiger charge is -2.28. The standard InChI is InChI=1S/C17H27NO/c1-14(17-6-4-3-5-7-17)18-12-15-8-10-16(11-9-15)13-19-2/h8-11,14,17-18H,3-7,12-13H2,1-2H3/t14-/m1/s1. The molecule has 1 saturated carbocycles. The van der Waals surface area contributed by atoms with Gasteiger partial charge >= 0.3 is 0 Å². The second kappa shape index (κ2) is 7.66. The van der Waals surface area contributed by atoms with E-state index in [1.807, 2.05) is 0 Å². The summed E-state index contributed by atoms with van der Waals surface area (Å²) in [6.45, 7) is 4.02. The van der Waals surface area contributed by atoms with Crippen molar-refractivity contribution in [2.45, 2.75) is 58.2 Å². The van der Waals surface area contributed by atoms with Crippen molar-refractivity contribution in [3.8, 4) is 0 Å². The van der Waals surface area contributed by atoms with Crippen molar-refractivity contribution < 1.29 is 4.74 Å². The first-order valence-electron chi connectivity index (χ1n) is 7.59. The number of ether oxygens (including phenoxy) is 1. The molecule has 0 aliphatic heterocycles. The van der Waals surface area contributed by atoms with E-state index in [0.717, 1.165) is 12.5 Å². The molecule has 19 heavy (non-hydrogen) atoms. The van der Waals surface area contributed by atoms with Gasteiger partial charge in [-0.05, 0) is 36.8 Å². The van der Waals surface area contributed by atoms with Crippen LogP contribution >= 0.6 is 0 Å². The highest BCUT2D eigenvalue weighted by atomic mass is 16.5. The summed E-state index contributed by atoms with van der Waals surface area (Å²) >= 11 is 0. The van der Waals surface area contributed by atoms with Crippen LogP contribution in [0.25, 0.3) is 0 Å². The molecule has 1 aliphatic carbocycles. The van der Waals surface area contributed by atoms with Gasteiger partial charge in [-0.3, -0.25) is 0 Å². The molecule has 1 fully saturated rings. The van der Waals surface area contributed by atoms with Crippen LogP contribution in [-0.4, -0.2) is 13.2 Å². The van der Waals surface area contributed by atoms with Crippen molar-refractivity contribution in [1.82, 2.24) is 5.32 Å². The Bertz CT molecular complexity index is 354. The van der Waals surface area contributed by atoms with Gasteiger partial charge in [0, 0.05) is 19.7 Å². The van der Waals surface area contributed by atoms with Gasteiger partial charge in [-0.25, -0.2) is 0 Å². The predicted octanol–water partition coefficient (Wildman–Crippen LogP) is 3.89. The van der Waals surface area contributed by atoms with Crippen LogP contribution < -0.4 is 5.32 Å². The Kier molecular flexibility index (Phi) is 5.87. The summed E-state index contributed by atoms with van der Waals surface area (Å²) in [5, 5.41) is 3.69. The van der Waals surface area contributed by atoms with Crippen molar-refractivity contribution >= 4 is 0 Å². The number of hydrogen-bond acceptors (Lipinski definition) is 2. The molecule has 0 radical (unpaired) electrons. The average Bonchev–Trinajstić information content (AvgIpc) is 2.47. The monoisotopic (exact) mass is 261 g/mol. The second-order valence-corrected chi connectivity index (χ2v) is 5.82. The molecule has 0 amide bonds. The Hall–Kier alpha value is -0.860. The van der Waals surface area contributed by atoms with Crippen LogP contribution in [-0.2, 0) is 17.9 Å². The van der Waals surface area contributed by atoms with Crippen LogP contribution in [0.3, 0.4) is 0 Å². The fraction of sp³-hybridized carbons (Fsp3) is 0.647. The van der Waals surface area contributed by atoms with Gasteiger partial charge in [0.05, 0.1) is 6.61 Å². The Morgan fingerprint density at radius 2 is 1.74 bits per heavy atom. The van der Waals surface area contributed by atoms with E-state index in [0.29, 0.717) is 12.6 Å². The molecule has 1 aromatic rings. The third-order valence-corrected chi connectivity index (χ3v) is 4.32. The third-order valence-electron chi connectivity index (χ3n) is 4.32. The van der Waals surface area contributed by atoms with E-state index >= 15 is 0 Å². The largest absolute Gasteiger partial charge is 0.380 e. The second-order valence-electron chi connectivity index (χ2n) is 5.82. The first-order chi connectivity index (χ1) is 9.29. The van der Waals surface area contributed by atoms with Gasteiger partial charge in [0.25, 0.3) is 0 Å².